The average molecular weight is 340 g/mol. The Bertz CT molecular complexity index is 989. The topological polar surface area (TPSA) is 64.2 Å². The molecule has 1 aliphatic heterocycles. The highest BCUT2D eigenvalue weighted by atomic mass is 32.1. The van der Waals surface area contributed by atoms with E-state index in [1.54, 1.807) is 11.3 Å². The van der Waals surface area contributed by atoms with Gasteiger partial charge in [0.2, 0.25) is 0 Å². The minimum Gasteiger partial charge on any atom is -0.334 e. The molecule has 5 nitrogen and oxygen atoms in total. The van der Waals surface area contributed by atoms with Crippen molar-refractivity contribution in [1.29, 1.82) is 0 Å². The molecule has 2 aromatic heterocycles. The Morgan fingerprint density at radius 3 is 2.96 bits per heavy atom. The molecule has 0 atom stereocenters. The Morgan fingerprint density at radius 1 is 1.38 bits per heavy atom. The predicted octanol–water partition coefficient (Wildman–Crippen LogP) is 2.53. The molecule has 2 N–H and O–H groups in total. The summed E-state index contributed by atoms with van der Waals surface area (Å²) in [5, 5.41) is 0.713. The normalized spacial score (nSPS) is 14.9. The van der Waals surface area contributed by atoms with Crippen molar-refractivity contribution in [2.24, 2.45) is 0 Å². The molecular formula is C18H20N4OS. The van der Waals surface area contributed by atoms with E-state index in [4.69, 9.17) is 10.8 Å². The lowest BCUT2D eigenvalue weighted by Gasteiger charge is -2.24. The van der Waals surface area contributed by atoms with Crippen LogP contribution in [-0.2, 0) is 13.0 Å². The first-order chi connectivity index (χ1) is 11.6. The van der Waals surface area contributed by atoms with Crippen molar-refractivity contribution in [2.75, 3.05) is 18.9 Å². The van der Waals surface area contributed by atoms with E-state index >= 15 is 0 Å². The highest BCUT2D eigenvalue weighted by Gasteiger charge is 2.24. The van der Waals surface area contributed by atoms with Gasteiger partial charge in [0.25, 0.3) is 5.56 Å². The van der Waals surface area contributed by atoms with E-state index in [0.717, 1.165) is 47.6 Å². The van der Waals surface area contributed by atoms with Crippen molar-refractivity contribution in [2.45, 2.75) is 26.8 Å². The Balaban J connectivity index is 1.94. The third-order valence-electron chi connectivity index (χ3n) is 4.71. The highest BCUT2D eigenvalue weighted by Crippen LogP contribution is 2.33. The first kappa shape index (κ1) is 15.4. The minimum atomic E-state index is -0.140. The number of rotatable bonds is 2. The van der Waals surface area contributed by atoms with Crippen molar-refractivity contribution < 1.29 is 0 Å². The zero-order chi connectivity index (χ0) is 16.8. The molecule has 4 rings (SSSR count). The summed E-state index contributed by atoms with van der Waals surface area (Å²) < 4.78 is 1.20. The molecule has 6 heteroatoms. The van der Waals surface area contributed by atoms with Gasteiger partial charge in [-0.3, -0.25) is 9.69 Å². The summed E-state index contributed by atoms with van der Waals surface area (Å²) in [5.74, 6) is 6.64. The molecule has 124 valence electrons. The molecule has 0 saturated heterocycles. The molecule has 1 aliphatic rings. The van der Waals surface area contributed by atoms with Crippen LogP contribution in [0, 0.1) is 6.92 Å². The number of nitrogens with two attached hydrogens (primary N) is 1. The second kappa shape index (κ2) is 5.72. The number of hydrogen-bond donors (Lipinski definition) is 1. The maximum Gasteiger partial charge on any atom is 0.281 e. The second-order valence-electron chi connectivity index (χ2n) is 6.28. The molecule has 3 heterocycles. The molecule has 0 aliphatic carbocycles. The van der Waals surface area contributed by atoms with Crippen LogP contribution >= 0.6 is 11.3 Å². The Morgan fingerprint density at radius 2 is 2.21 bits per heavy atom. The fourth-order valence-electron chi connectivity index (χ4n) is 3.37. The molecule has 1 aromatic carbocycles. The summed E-state index contributed by atoms with van der Waals surface area (Å²) in [6.45, 7) is 7.09. The first-order valence-electron chi connectivity index (χ1n) is 8.20. The van der Waals surface area contributed by atoms with Gasteiger partial charge in [-0.1, -0.05) is 30.7 Å². The van der Waals surface area contributed by atoms with Crippen molar-refractivity contribution in [3.8, 4) is 11.4 Å². The molecule has 3 aromatic rings. The van der Waals surface area contributed by atoms with Crippen molar-refractivity contribution in [1.82, 2.24) is 14.6 Å². The predicted molar refractivity (Wildman–Crippen MR) is 98.9 cm³/mol. The van der Waals surface area contributed by atoms with Crippen LogP contribution in [0.1, 0.15) is 22.9 Å². The number of aryl methyl sites for hydroxylation is 1. The molecule has 0 saturated carbocycles. The van der Waals surface area contributed by atoms with Gasteiger partial charge in [-0.2, -0.15) is 0 Å². The highest BCUT2D eigenvalue weighted by molar-refractivity contribution is 7.18. The number of nitrogens with zero attached hydrogens (tertiary/aromatic N) is 3. The summed E-state index contributed by atoms with van der Waals surface area (Å²) in [7, 11) is 0. The lowest BCUT2D eigenvalue weighted by Crippen LogP contribution is -2.32. The maximum atomic E-state index is 12.9. The average Bonchev–Trinajstić information content (AvgIpc) is 2.95. The first-order valence-corrected chi connectivity index (χ1v) is 9.02. The molecular weight excluding hydrogens is 320 g/mol. The van der Waals surface area contributed by atoms with E-state index in [2.05, 4.69) is 11.8 Å². The fourth-order valence-corrected chi connectivity index (χ4v) is 4.62. The molecule has 0 amide bonds. The SMILES string of the molecule is CCN1CCc2c(sc3nc(-c4cccc(C)c4)n(N)c(=O)c23)C1. The zero-order valence-electron chi connectivity index (χ0n) is 13.9. The van der Waals surface area contributed by atoms with E-state index in [-0.39, 0.29) is 5.56 Å². The number of benzene rings is 1. The largest absolute Gasteiger partial charge is 0.334 e. The third kappa shape index (κ3) is 2.34. The third-order valence-corrected chi connectivity index (χ3v) is 5.82. The number of fused-ring (bicyclic) bond motifs is 3. The van der Waals surface area contributed by atoms with Gasteiger partial charge in [0, 0.05) is 23.5 Å². The number of nitrogen functional groups attached to an aromatic ring is 1. The van der Waals surface area contributed by atoms with E-state index in [9.17, 15) is 4.79 Å². The molecule has 0 unspecified atom stereocenters. The molecule has 0 radical (unpaired) electrons. The van der Waals surface area contributed by atoms with Gasteiger partial charge in [-0.15, -0.1) is 11.3 Å². The lowest BCUT2D eigenvalue weighted by molar-refractivity contribution is 0.272. The summed E-state index contributed by atoms with van der Waals surface area (Å²) >= 11 is 1.63. The van der Waals surface area contributed by atoms with Gasteiger partial charge >= 0.3 is 0 Å². The zero-order valence-corrected chi connectivity index (χ0v) is 14.7. The summed E-state index contributed by atoms with van der Waals surface area (Å²) in [6.07, 6.45) is 0.893. The van der Waals surface area contributed by atoms with Crippen LogP contribution in [0.3, 0.4) is 0 Å². The summed E-state index contributed by atoms with van der Waals surface area (Å²) in [5.41, 5.74) is 3.00. The fraction of sp³-hybridized carbons (Fsp3) is 0.333. The van der Waals surface area contributed by atoms with Crippen LogP contribution in [0.25, 0.3) is 21.6 Å². The second-order valence-corrected chi connectivity index (χ2v) is 7.37. The number of hydrogen-bond acceptors (Lipinski definition) is 5. The van der Waals surface area contributed by atoms with Gasteiger partial charge in [0.1, 0.15) is 4.83 Å². The van der Waals surface area contributed by atoms with Crippen molar-refractivity contribution in [3.05, 3.63) is 50.6 Å². The Kier molecular flexibility index (Phi) is 3.66. The van der Waals surface area contributed by atoms with E-state index in [1.807, 2.05) is 31.2 Å². The van der Waals surface area contributed by atoms with Crippen molar-refractivity contribution >= 4 is 21.6 Å². The number of thiophene rings is 1. The molecule has 0 fully saturated rings. The standard InChI is InChI=1S/C18H20N4OS/c1-3-21-8-7-13-14(10-21)24-17-15(13)18(23)22(19)16(20-17)12-6-4-5-11(2)9-12/h4-6,9H,3,7-8,10,19H2,1-2H3. The Hall–Kier alpha value is -2.18. The van der Waals surface area contributed by atoms with Crippen LogP contribution < -0.4 is 11.4 Å². The minimum absolute atomic E-state index is 0.140. The van der Waals surface area contributed by atoms with Gasteiger partial charge in [0.15, 0.2) is 5.82 Å². The molecule has 24 heavy (non-hydrogen) atoms. The molecule has 0 bridgehead atoms. The number of likely N-dealkylation sites (N-methyl/N-ethyl adjacent to an activating group) is 1. The maximum absolute atomic E-state index is 12.9. The lowest BCUT2D eigenvalue weighted by atomic mass is 10.1. The van der Waals surface area contributed by atoms with Crippen LogP contribution in [0.15, 0.2) is 29.1 Å². The van der Waals surface area contributed by atoms with E-state index in [1.165, 1.54) is 9.55 Å². The smallest absolute Gasteiger partial charge is 0.281 e. The van der Waals surface area contributed by atoms with Crippen LogP contribution in [0.4, 0.5) is 0 Å². The van der Waals surface area contributed by atoms with Crippen LogP contribution in [0.2, 0.25) is 0 Å². The van der Waals surface area contributed by atoms with Gasteiger partial charge < -0.3 is 5.84 Å². The van der Waals surface area contributed by atoms with Crippen LogP contribution in [-0.4, -0.2) is 27.6 Å². The van der Waals surface area contributed by atoms with E-state index < -0.39 is 0 Å². The van der Waals surface area contributed by atoms with Crippen molar-refractivity contribution in [3.63, 3.8) is 0 Å². The van der Waals surface area contributed by atoms with Gasteiger partial charge in [-0.05, 0) is 31.5 Å². The summed E-state index contributed by atoms with van der Waals surface area (Å²) in [6, 6.07) is 7.92. The quantitative estimate of drug-likeness (QED) is 0.728. The van der Waals surface area contributed by atoms with Crippen LogP contribution in [0.5, 0.6) is 0 Å². The molecule has 0 spiro atoms. The van der Waals surface area contributed by atoms with Gasteiger partial charge in [-0.25, -0.2) is 9.66 Å². The Labute approximate surface area is 144 Å². The van der Waals surface area contributed by atoms with Gasteiger partial charge in [0.05, 0.1) is 5.39 Å². The number of aromatic nitrogens is 2. The van der Waals surface area contributed by atoms with E-state index in [0.29, 0.717) is 11.2 Å². The summed E-state index contributed by atoms with van der Waals surface area (Å²) in [4.78, 5) is 22.1. The monoisotopic (exact) mass is 340 g/mol.